The minimum absolute atomic E-state index is 0.141. The van der Waals surface area contributed by atoms with Crippen LogP contribution in [0.4, 0.5) is 18.9 Å². The van der Waals surface area contributed by atoms with Crippen LogP contribution in [0.25, 0.3) is 0 Å². The molecule has 31 heavy (non-hydrogen) atoms. The zero-order valence-electron chi connectivity index (χ0n) is 16.2. The van der Waals surface area contributed by atoms with Crippen molar-refractivity contribution in [3.63, 3.8) is 0 Å². The van der Waals surface area contributed by atoms with Gasteiger partial charge in [-0.1, -0.05) is 48.5 Å². The van der Waals surface area contributed by atoms with Gasteiger partial charge in [0.2, 0.25) is 0 Å². The van der Waals surface area contributed by atoms with Crippen LogP contribution in [0, 0.1) is 0 Å². The van der Waals surface area contributed by atoms with E-state index in [2.05, 4.69) is 5.32 Å². The number of hydrogen-bond donors (Lipinski definition) is 1. The maximum Gasteiger partial charge on any atom is 0.416 e. The number of benzene rings is 3. The van der Waals surface area contributed by atoms with Gasteiger partial charge in [0.25, 0.3) is 5.91 Å². The van der Waals surface area contributed by atoms with Crippen LogP contribution in [0.3, 0.4) is 0 Å². The molecule has 0 aliphatic rings. The predicted octanol–water partition coefficient (Wildman–Crippen LogP) is 5.22. The zero-order valence-corrected chi connectivity index (χ0v) is 16.2. The standard InChI is InChI=1S/C23H18F3NO4/c24-23(25,26)17-8-6-7-16(13-17)14-22(29)30-15-21(28)27-19-11-4-5-12-20(19)31-18-9-2-1-3-10-18/h1-13H,14-15H2,(H,27,28). The molecule has 0 fully saturated rings. The van der Waals surface area contributed by atoms with Crippen molar-refractivity contribution in [2.45, 2.75) is 12.6 Å². The Kier molecular flexibility index (Phi) is 6.92. The number of ether oxygens (including phenoxy) is 2. The van der Waals surface area contributed by atoms with Gasteiger partial charge in [-0.15, -0.1) is 0 Å². The van der Waals surface area contributed by atoms with Crippen LogP contribution < -0.4 is 10.1 Å². The number of alkyl halides is 3. The van der Waals surface area contributed by atoms with Crippen LogP contribution in [0.1, 0.15) is 11.1 Å². The topological polar surface area (TPSA) is 64.6 Å². The lowest BCUT2D eigenvalue weighted by Gasteiger charge is -2.12. The van der Waals surface area contributed by atoms with Crippen LogP contribution >= 0.6 is 0 Å². The Morgan fingerprint density at radius 2 is 1.58 bits per heavy atom. The summed E-state index contributed by atoms with van der Waals surface area (Å²) in [4.78, 5) is 24.1. The monoisotopic (exact) mass is 429 g/mol. The van der Waals surface area contributed by atoms with E-state index >= 15 is 0 Å². The van der Waals surface area contributed by atoms with Crippen molar-refractivity contribution in [1.29, 1.82) is 0 Å². The third-order valence-corrected chi connectivity index (χ3v) is 4.10. The fraction of sp³-hybridized carbons (Fsp3) is 0.130. The highest BCUT2D eigenvalue weighted by Crippen LogP contribution is 2.30. The average molecular weight is 429 g/mol. The van der Waals surface area contributed by atoms with E-state index in [9.17, 15) is 22.8 Å². The molecule has 1 amide bonds. The van der Waals surface area contributed by atoms with Crippen molar-refractivity contribution in [2.24, 2.45) is 0 Å². The Labute approximate surface area is 176 Å². The first-order valence-electron chi connectivity index (χ1n) is 9.25. The molecule has 0 bridgehead atoms. The molecule has 3 aromatic carbocycles. The van der Waals surface area contributed by atoms with Gasteiger partial charge in [-0.25, -0.2) is 0 Å². The van der Waals surface area contributed by atoms with Crippen molar-refractivity contribution in [3.05, 3.63) is 90.0 Å². The molecular weight excluding hydrogens is 411 g/mol. The first-order valence-corrected chi connectivity index (χ1v) is 9.25. The van der Waals surface area contributed by atoms with Crippen LogP contribution in [0.5, 0.6) is 11.5 Å². The molecule has 3 aromatic rings. The van der Waals surface area contributed by atoms with Crippen molar-refractivity contribution >= 4 is 17.6 Å². The van der Waals surface area contributed by atoms with Crippen LogP contribution in [0.2, 0.25) is 0 Å². The molecule has 0 aliphatic carbocycles. The molecule has 0 radical (unpaired) electrons. The lowest BCUT2D eigenvalue weighted by molar-refractivity contribution is -0.146. The van der Waals surface area contributed by atoms with Gasteiger partial charge in [-0.3, -0.25) is 9.59 Å². The van der Waals surface area contributed by atoms with E-state index in [1.54, 1.807) is 48.5 Å². The summed E-state index contributed by atoms with van der Waals surface area (Å²) in [6.07, 6.45) is -4.89. The second-order valence-electron chi connectivity index (χ2n) is 6.50. The van der Waals surface area contributed by atoms with Crippen molar-refractivity contribution in [2.75, 3.05) is 11.9 Å². The fourth-order valence-electron chi connectivity index (χ4n) is 2.68. The minimum Gasteiger partial charge on any atom is -0.455 e. The predicted molar refractivity (Wildman–Crippen MR) is 108 cm³/mol. The van der Waals surface area contributed by atoms with E-state index in [0.29, 0.717) is 17.2 Å². The van der Waals surface area contributed by atoms with Gasteiger partial charge in [0.15, 0.2) is 12.4 Å². The summed E-state index contributed by atoms with van der Waals surface area (Å²) >= 11 is 0. The van der Waals surface area contributed by atoms with Gasteiger partial charge in [0.05, 0.1) is 17.7 Å². The average Bonchev–Trinajstić information content (AvgIpc) is 2.74. The first kappa shape index (κ1) is 21.9. The maximum absolute atomic E-state index is 12.8. The number of amides is 1. The molecule has 0 aliphatic heterocycles. The number of anilines is 1. The smallest absolute Gasteiger partial charge is 0.416 e. The van der Waals surface area contributed by atoms with Gasteiger partial charge < -0.3 is 14.8 Å². The van der Waals surface area contributed by atoms with Gasteiger partial charge in [0, 0.05) is 0 Å². The molecule has 1 N–H and O–H groups in total. The molecular formula is C23H18F3NO4. The molecule has 0 heterocycles. The molecule has 3 rings (SSSR count). The molecule has 5 nitrogen and oxygen atoms in total. The Balaban J connectivity index is 1.54. The largest absolute Gasteiger partial charge is 0.455 e. The number of esters is 1. The van der Waals surface area contributed by atoms with Gasteiger partial charge >= 0.3 is 12.1 Å². The van der Waals surface area contributed by atoms with Crippen molar-refractivity contribution in [3.8, 4) is 11.5 Å². The van der Waals surface area contributed by atoms with E-state index in [1.165, 1.54) is 12.1 Å². The second kappa shape index (κ2) is 9.80. The number of nitrogens with one attached hydrogen (secondary N) is 1. The Morgan fingerprint density at radius 3 is 2.32 bits per heavy atom. The van der Waals surface area contributed by atoms with Gasteiger partial charge in [-0.2, -0.15) is 13.2 Å². The van der Waals surface area contributed by atoms with Crippen molar-refractivity contribution < 1.29 is 32.2 Å². The first-order chi connectivity index (χ1) is 14.8. The summed E-state index contributed by atoms with van der Waals surface area (Å²) in [6, 6.07) is 20.1. The molecule has 160 valence electrons. The van der Waals surface area contributed by atoms with E-state index in [-0.39, 0.29) is 12.0 Å². The summed E-state index contributed by atoms with van der Waals surface area (Å²) in [5.41, 5.74) is -0.335. The Hall–Kier alpha value is -3.81. The van der Waals surface area contributed by atoms with Crippen molar-refractivity contribution in [1.82, 2.24) is 0 Å². The molecule has 0 saturated heterocycles. The van der Waals surface area contributed by atoms with Gasteiger partial charge in [-0.05, 0) is 35.9 Å². The molecule has 0 spiro atoms. The molecule has 0 aromatic heterocycles. The van der Waals surface area contributed by atoms with E-state index < -0.39 is 30.2 Å². The van der Waals surface area contributed by atoms with Crippen LogP contribution in [-0.4, -0.2) is 18.5 Å². The fourth-order valence-corrected chi connectivity index (χ4v) is 2.68. The number of rotatable bonds is 7. The summed E-state index contributed by atoms with van der Waals surface area (Å²) in [6.45, 7) is -0.586. The Bertz CT molecular complexity index is 1050. The van der Waals surface area contributed by atoms with Gasteiger partial charge in [0.1, 0.15) is 5.75 Å². The highest BCUT2D eigenvalue weighted by Gasteiger charge is 2.30. The van der Waals surface area contributed by atoms with Crippen LogP contribution in [0.15, 0.2) is 78.9 Å². The van der Waals surface area contributed by atoms with E-state index in [4.69, 9.17) is 9.47 Å². The lowest BCUT2D eigenvalue weighted by Crippen LogP contribution is -2.22. The Morgan fingerprint density at radius 1 is 0.871 bits per heavy atom. The number of hydrogen-bond acceptors (Lipinski definition) is 4. The number of carbonyl (C=O) groups excluding carboxylic acids is 2. The number of para-hydroxylation sites is 3. The quantitative estimate of drug-likeness (QED) is 0.523. The second-order valence-corrected chi connectivity index (χ2v) is 6.50. The minimum atomic E-state index is -4.50. The highest BCUT2D eigenvalue weighted by atomic mass is 19.4. The summed E-state index contributed by atoms with van der Waals surface area (Å²) in [5.74, 6) is -0.446. The maximum atomic E-state index is 12.8. The lowest BCUT2D eigenvalue weighted by atomic mass is 10.1. The van der Waals surface area contributed by atoms with Crippen LogP contribution in [-0.2, 0) is 26.9 Å². The highest BCUT2D eigenvalue weighted by molar-refractivity contribution is 5.94. The third-order valence-electron chi connectivity index (χ3n) is 4.10. The summed E-state index contributed by atoms with van der Waals surface area (Å²) < 4.78 is 48.9. The molecule has 0 unspecified atom stereocenters. The SMILES string of the molecule is O=C(COC(=O)Cc1cccc(C(F)(F)F)c1)Nc1ccccc1Oc1ccccc1. The third kappa shape index (κ3) is 6.60. The van der Waals surface area contributed by atoms with E-state index in [0.717, 1.165) is 12.1 Å². The summed E-state index contributed by atoms with van der Waals surface area (Å²) in [7, 11) is 0. The zero-order chi connectivity index (χ0) is 22.3. The molecule has 8 heteroatoms. The molecule has 0 atom stereocenters. The number of carbonyl (C=O) groups is 2. The van der Waals surface area contributed by atoms with E-state index in [1.807, 2.05) is 6.07 Å². The molecule has 0 saturated carbocycles. The summed E-state index contributed by atoms with van der Waals surface area (Å²) in [5, 5.41) is 2.59. The number of halogens is 3. The normalized spacial score (nSPS) is 10.9.